The summed E-state index contributed by atoms with van der Waals surface area (Å²) >= 11 is 0. The fourth-order valence-corrected chi connectivity index (χ4v) is 3.06. The Labute approximate surface area is 136 Å². The molecule has 4 N–H and O–H groups in total. The van der Waals surface area contributed by atoms with Gasteiger partial charge in [-0.3, -0.25) is 9.69 Å². The summed E-state index contributed by atoms with van der Waals surface area (Å²) in [4.78, 5) is 14.5. The molecule has 1 aliphatic heterocycles. The predicted molar refractivity (Wildman–Crippen MR) is 87.1 cm³/mol. The molecular formula is C16H26N3O4+. The fraction of sp³-hybridized carbons (Fsp3) is 0.562. The van der Waals surface area contributed by atoms with Gasteiger partial charge in [0, 0.05) is 31.4 Å². The van der Waals surface area contributed by atoms with Gasteiger partial charge in [0.15, 0.2) is 6.54 Å². The number of benzene rings is 1. The number of β-amino-alcohol motifs (C(OH)–C–C–N with tert-alkyl or cyclic N) is 1. The molecule has 1 fully saturated rings. The zero-order valence-corrected chi connectivity index (χ0v) is 13.3. The fourth-order valence-electron chi connectivity index (χ4n) is 3.06. The number of aromatic hydroxyl groups is 1. The van der Waals surface area contributed by atoms with Gasteiger partial charge in [0.1, 0.15) is 12.3 Å². The van der Waals surface area contributed by atoms with Gasteiger partial charge in [0.05, 0.1) is 26.3 Å². The standard InChI is InChI=1S/C16H25N3O4/c20-10-6-18-4-7-19(8-5-18,9-11-21)13-16(23)17-14-2-1-3-15(22)12-14/h1-3,12,20-21H,4-11,13H2,(H-,17,22,23)/p+1. The van der Waals surface area contributed by atoms with Crippen LogP contribution in [0.2, 0.25) is 0 Å². The average Bonchev–Trinajstić information content (AvgIpc) is 2.50. The molecule has 1 aromatic carbocycles. The van der Waals surface area contributed by atoms with Crippen molar-refractivity contribution >= 4 is 11.6 Å². The number of aliphatic hydroxyl groups is 2. The van der Waals surface area contributed by atoms with Gasteiger partial charge in [-0.05, 0) is 12.1 Å². The van der Waals surface area contributed by atoms with Crippen molar-refractivity contribution in [2.75, 3.05) is 64.3 Å². The minimum Gasteiger partial charge on any atom is -0.508 e. The van der Waals surface area contributed by atoms with Gasteiger partial charge in [0.2, 0.25) is 0 Å². The topological polar surface area (TPSA) is 93.0 Å². The predicted octanol–water partition coefficient (Wildman–Crippen LogP) is -0.552. The number of aliphatic hydroxyl groups excluding tert-OH is 2. The number of hydrogen-bond acceptors (Lipinski definition) is 5. The van der Waals surface area contributed by atoms with E-state index in [9.17, 15) is 15.0 Å². The van der Waals surface area contributed by atoms with Crippen LogP contribution in [0.5, 0.6) is 5.75 Å². The highest BCUT2D eigenvalue weighted by molar-refractivity contribution is 5.91. The van der Waals surface area contributed by atoms with Crippen molar-refractivity contribution in [1.29, 1.82) is 0 Å². The number of carbonyl (C=O) groups excluding carboxylic acids is 1. The minimum absolute atomic E-state index is 0.0411. The molecule has 1 saturated heterocycles. The van der Waals surface area contributed by atoms with Crippen LogP contribution in [0, 0.1) is 0 Å². The van der Waals surface area contributed by atoms with E-state index < -0.39 is 0 Å². The maximum Gasteiger partial charge on any atom is 0.279 e. The molecule has 1 heterocycles. The lowest BCUT2D eigenvalue weighted by Gasteiger charge is -2.44. The van der Waals surface area contributed by atoms with Gasteiger partial charge >= 0.3 is 0 Å². The quantitative estimate of drug-likeness (QED) is 0.505. The largest absolute Gasteiger partial charge is 0.508 e. The summed E-state index contributed by atoms with van der Waals surface area (Å²) in [7, 11) is 0. The molecule has 128 valence electrons. The molecule has 0 saturated carbocycles. The number of piperazine rings is 1. The van der Waals surface area contributed by atoms with Gasteiger partial charge in [-0.2, -0.15) is 0 Å². The maximum atomic E-state index is 12.3. The Hall–Kier alpha value is -1.67. The molecule has 1 aromatic rings. The molecule has 0 radical (unpaired) electrons. The van der Waals surface area contributed by atoms with Crippen LogP contribution < -0.4 is 5.32 Å². The second-order valence-corrected chi connectivity index (χ2v) is 6.06. The monoisotopic (exact) mass is 324 g/mol. The van der Waals surface area contributed by atoms with E-state index in [0.29, 0.717) is 29.8 Å². The van der Waals surface area contributed by atoms with Crippen LogP contribution in [0.15, 0.2) is 24.3 Å². The van der Waals surface area contributed by atoms with Crippen molar-refractivity contribution in [3.63, 3.8) is 0 Å². The number of phenols is 1. The van der Waals surface area contributed by atoms with Crippen LogP contribution in [-0.2, 0) is 4.79 Å². The molecule has 2 rings (SSSR count). The molecule has 1 amide bonds. The molecule has 7 nitrogen and oxygen atoms in total. The number of phenolic OH excluding ortho intramolecular Hbond substituents is 1. The number of nitrogens with one attached hydrogen (secondary N) is 1. The summed E-state index contributed by atoms with van der Waals surface area (Å²) in [6.07, 6.45) is 0. The number of quaternary nitrogens is 1. The molecule has 0 unspecified atom stereocenters. The molecule has 23 heavy (non-hydrogen) atoms. The molecule has 0 aliphatic carbocycles. The Morgan fingerprint density at radius 3 is 2.57 bits per heavy atom. The first kappa shape index (κ1) is 17.7. The van der Waals surface area contributed by atoms with E-state index in [1.165, 1.54) is 6.07 Å². The summed E-state index contributed by atoms with van der Waals surface area (Å²) in [5.41, 5.74) is 0.566. The van der Waals surface area contributed by atoms with Crippen LogP contribution in [0.4, 0.5) is 5.69 Å². The van der Waals surface area contributed by atoms with E-state index in [1.807, 2.05) is 0 Å². The van der Waals surface area contributed by atoms with E-state index in [4.69, 9.17) is 5.11 Å². The Bertz CT molecular complexity index is 516. The van der Waals surface area contributed by atoms with E-state index in [1.54, 1.807) is 18.2 Å². The summed E-state index contributed by atoms with van der Waals surface area (Å²) in [6, 6.07) is 6.47. The Morgan fingerprint density at radius 2 is 1.96 bits per heavy atom. The third kappa shape index (κ3) is 5.18. The van der Waals surface area contributed by atoms with Gasteiger partial charge in [-0.1, -0.05) is 6.07 Å². The molecular weight excluding hydrogens is 298 g/mol. The van der Waals surface area contributed by atoms with E-state index in [2.05, 4.69) is 10.2 Å². The Morgan fingerprint density at radius 1 is 1.22 bits per heavy atom. The van der Waals surface area contributed by atoms with Crippen LogP contribution in [0.25, 0.3) is 0 Å². The van der Waals surface area contributed by atoms with Crippen molar-refractivity contribution < 1.29 is 24.6 Å². The SMILES string of the molecule is O=C(C[N+]1(CCO)CCN(CCO)CC1)Nc1cccc(O)c1. The highest BCUT2D eigenvalue weighted by atomic mass is 16.3. The minimum atomic E-state index is -0.125. The second-order valence-electron chi connectivity index (χ2n) is 6.06. The van der Waals surface area contributed by atoms with Gasteiger partial charge in [0.25, 0.3) is 5.91 Å². The molecule has 7 heteroatoms. The van der Waals surface area contributed by atoms with Crippen LogP contribution in [0.3, 0.4) is 0 Å². The van der Waals surface area contributed by atoms with Crippen LogP contribution >= 0.6 is 0 Å². The highest BCUT2D eigenvalue weighted by Gasteiger charge is 2.34. The first-order valence-corrected chi connectivity index (χ1v) is 7.95. The maximum absolute atomic E-state index is 12.3. The van der Waals surface area contributed by atoms with Crippen molar-refractivity contribution in [3.05, 3.63) is 24.3 Å². The molecule has 1 aliphatic rings. The number of amides is 1. The molecule has 0 spiro atoms. The molecule has 0 atom stereocenters. The van der Waals surface area contributed by atoms with Crippen molar-refractivity contribution in [2.24, 2.45) is 0 Å². The first-order chi connectivity index (χ1) is 11.1. The first-order valence-electron chi connectivity index (χ1n) is 7.95. The number of anilines is 1. The van der Waals surface area contributed by atoms with Gasteiger partial charge in [-0.25, -0.2) is 0 Å². The van der Waals surface area contributed by atoms with Gasteiger partial charge < -0.3 is 25.1 Å². The normalized spacial score (nSPS) is 17.8. The Balaban J connectivity index is 1.95. The van der Waals surface area contributed by atoms with Crippen molar-refractivity contribution in [3.8, 4) is 5.75 Å². The lowest BCUT2D eigenvalue weighted by molar-refractivity contribution is -0.924. The van der Waals surface area contributed by atoms with Crippen molar-refractivity contribution in [1.82, 2.24) is 4.90 Å². The average molecular weight is 324 g/mol. The molecule has 0 aromatic heterocycles. The third-order valence-electron chi connectivity index (χ3n) is 4.38. The van der Waals surface area contributed by atoms with Crippen molar-refractivity contribution in [2.45, 2.75) is 0 Å². The second kappa shape index (κ2) is 8.26. The summed E-state index contributed by atoms with van der Waals surface area (Å²) < 4.78 is 0.545. The van der Waals surface area contributed by atoms with Crippen LogP contribution in [-0.4, -0.2) is 89.6 Å². The number of rotatable bonds is 7. The van der Waals surface area contributed by atoms with Gasteiger partial charge in [-0.15, -0.1) is 0 Å². The number of nitrogens with zero attached hydrogens (tertiary/aromatic N) is 2. The Kier molecular flexibility index (Phi) is 6.35. The number of carbonyl (C=O) groups is 1. The van der Waals surface area contributed by atoms with E-state index >= 15 is 0 Å². The lowest BCUT2D eigenvalue weighted by atomic mass is 10.2. The summed E-state index contributed by atoms with van der Waals surface area (Å²) in [6.45, 7) is 4.82. The highest BCUT2D eigenvalue weighted by Crippen LogP contribution is 2.17. The van der Waals surface area contributed by atoms with Crippen LogP contribution in [0.1, 0.15) is 0 Å². The number of hydrogen-bond donors (Lipinski definition) is 4. The van der Waals surface area contributed by atoms with E-state index in [-0.39, 0.29) is 24.9 Å². The van der Waals surface area contributed by atoms with E-state index in [0.717, 1.165) is 26.2 Å². The lowest BCUT2D eigenvalue weighted by Crippen LogP contribution is -2.63. The molecule has 0 bridgehead atoms. The summed E-state index contributed by atoms with van der Waals surface area (Å²) in [5, 5.41) is 30.6. The zero-order chi connectivity index (χ0) is 16.7. The third-order valence-corrected chi connectivity index (χ3v) is 4.38. The zero-order valence-electron chi connectivity index (χ0n) is 13.3. The summed E-state index contributed by atoms with van der Waals surface area (Å²) in [5.74, 6) is -0.0145. The smallest absolute Gasteiger partial charge is 0.279 e.